The van der Waals surface area contributed by atoms with Crippen molar-refractivity contribution in [3.8, 4) is 11.4 Å². The van der Waals surface area contributed by atoms with Crippen LogP contribution in [0.4, 0.5) is 8.78 Å². The van der Waals surface area contributed by atoms with Crippen molar-refractivity contribution < 1.29 is 8.78 Å². The molecule has 96 valence electrons. The molecule has 18 heavy (non-hydrogen) atoms. The molecule has 0 saturated heterocycles. The second kappa shape index (κ2) is 5.73. The van der Waals surface area contributed by atoms with Gasteiger partial charge in [0.05, 0.1) is 0 Å². The SMILES string of the molecule is CNCCCn1ccnc1-c1ccc(F)c(F)c1. The lowest BCUT2D eigenvalue weighted by Gasteiger charge is -2.08. The molecule has 1 aromatic heterocycles. The van der Waals surface area contributed by atoms with Crippen LogP contribution in [0.1, 0.15) is 6.42 Å². The van der Waals surface area contributed by atoms with E-state index in [9.17, 15) is 8.78 Å². The third kappa shape index (κ3) is 2.73. The second-order valence-corrected chi connectivity index (χ2v) is 4.03. The minimum absolute atomic E-state index is 0.586. The van der Waals surface area contributed by atoms with Crippen LogP contribution in [0.5, 0.6) is 0 Å². The number of halogens is 2. The number of hydrogen-bond acceptors (Lipinski definition) is 2. The molecule has 1 heterocycles. The van der Waals surface area contributed by atoms with Crippen LogP contribution >= 0.6 is 0 Å². The molecule has 5 heteroatoms. The van der Waals surface area contributed by atoms with Gasteiger partial charge in [-0.1, -0.05) is 0 Å². The van der Waals surface area contributed by atoms with Crippen molar-refractivity contribution in [3.05, 3.63) is 42.2 Å². The van der Waals surface area contributed by atoms with E-state index in [1.807, 2.05) is 17.8 Å². The molecule has 0 bridgehead atoms. The van der Waals surface area contributed by atoms with E-state index in [1.54, 1.807) is 6.20 Å². The van der Waals surface area contributed by atoms with Gasteiger partial charge in [-0.15, -0.1) is 0 Å². The average Bonchev–Trinajstić information content (AvgIpc) is 2.81. The van der Waals surface area contributed by atoms with Crippen LogP contribution in [0.2, 0.25) is 0 Å². The largest absolute Gasteiger partial charge is 0.331 e. The molecule has 0 saturated carbocycles. The zero-order valence-corrected chi connectivity index (χ0v) is 10.2. The Bertz CT molecular complexity index is 523. The first kappa shape index (κ1) is 12.7. The minimum Gasteiger partial charge on any atom is -0.331 e. The van der Waals surface area contributed by atoms with Crippen molar-refractivity contribution in [2.75, 3.05) is 13.6 Å². The molecule has 3 nitrogen and oxygen atoms in total. The summed E-state index contributed by atoms with van der Waals surface area (Å²) in [7, 11) is 1.89. The third-order valence-electron chi connectivity index (χ3n) is 2.72. The van der Waals surface area contributed by atoms with Gasteiger partial charge in [0.15, 0.2) is 11.6 Å². The van der Waals surface area contributed by atoms with E-state index in [1.165, 1.54) is 12.1 Å². The van der Waals surface area contributed by atoms with Gasteiger partial charge < -0.3 is 9.88 Å². The summed E-state index contributed by atoms with van der Waals surface area (Å²) in [6.45, 7) is 1.69. The Balaban J connectivity index is 2.22. The van der Waals surface area contributed by atoms with Crippen molar-refractivity contribution >= 4 is 0 Å². The first-order valence-electron chi connectivity index (χ1n) is 5.83. The second-order valence-electron chi connectivity index (χ2n) is 4.03. The standard InChI is InChI=1S/C13H15F2N3/c1-16-5-2-7-18-8-6-17-13(18)10-3-4-11(14)12(15)9-10/h3-4,6,8-9,16H,2,5,7H2,1H3. The summed E-state index contributed by atoms with van der Waals surface area (Å²) in [6.07, 6.45) is 4.45. The fraction of sp³-hybridized carbons (Fsp3) is 0.308. The summed E-state index contributed by atoms with van der Waals surface area (Å²) in [6, 6.07) is 3.83. The zero-order valence-electron chi connectivity index (χ0n) is 10.2. The fourth-order valence-electron chi connectivity index (χ4n) is 1.81. The Hall–Kier alpha value is -1.75. The summed E-state index contributed by atoms with van der Waals surface area (Å²) < 4.78 is 28.0. The highest BCUT2D eigenvalue weighted by atomic mass is 19.2. The van der Waals surface area contributed by atoms with Crippen molar-refractivity contribution in [2.45, 2.75) is 13.0 Å². The first-order valence-corrected chi connectivity index (χ1v) is 5.83. The molecular formula is C13H15F2N3. The Labute approximate surface area is 104 Å². The van der Waals surface area contributed by atoms with Gasteiger partial charge in [-0.2, -0.15) is 0 Å². The topological polar surface area (TPSA) is 29.9 Å². The Morgan fingerprint density at radius 1 is 1.28 bits per heavy atom. The van der Waals surface area contributed by atoms with Crippen molar-refractivity contribution in [2.24, 2.45) is 0 Å². The van der Waals surface area contributed by atoms with Crippen LogP contribution in [0, 0.1) is 11.6 Å². The van der Waals surface area contributed by atoms with Crippen molar-refractivity contribution in [1.82, 2.24) is 14.9 Å². The van der Waals surface area contributed by atoms with Gasteiger partial charge in [0.2, 0.25) is 0 Å². The molecular weight excluding hydrogens is 236 g/mol. The smallest absolute Gasteiger partial charge is 0.159 e. The molecule has 2 aromatic rings. The zero-order chi connectivity index (χ0) is 13.0. The first-order chi connectivity index (χ1) is 8.72. The van der Waals surface area contributed by atoms with E-state index in [0.29, 0.717) is 11.4 Å². The van der Waals surface area contributed by atoms with E-state index >= 15 is 0 Å². The molecule has 0 aliphatic carbocycles. The Kier molecular flexibility index (Phi) is 4.04. The highest BCUT2D eigenvalue weighted by Gasteiger charge is 2.09. The van der Waals surface area contributed by atoms with Gasteiger partial charge in [0.25, 0.3) is 0 Å². The molecule has 0 unspecified atom stereocenters. The Morgan fingerprint density at radius 3 is 2.83 bits per heavy atom. The predicted octanol–water partition coefficient (Wildman–Crippen LogP) is 2.44. The number of nitrogens with zero attached hydrogens (tertiary/aromatic N) is 2. The molecule has 0 aliphatic rings. The van der Waals surface area contributed by atoms with Crippen LogP contribution in [-0.4, -0.2) is 23.1 Å². The summed E-state index contributed by atoms with van der Waals surface area (Å²) in [4.78, 5) is 4.19. The molecule has 1 N–H and O–H groups in total. The number of benzene rings is 1. The fourth-order valence-corrected chi connectivity index (χ4v) is 1.81. The number of hydrogen-bond donors (Lipinski definition) is 1. The summed E-state index contributed by atoms with van der Waals surface area (Å²) in [5.74, 6) is -1.03. The average molecular weight is 251 g/mol. The Morgan fingerprint density at radius 2 is 2.11 bits per heavy atom. The molecule has 0 fully saturated rings. The molecule has 2 rings (SSSR count). The number of aromatic nitrogens is 2. The van der Waals surface area contributed by atoms with Gasteiger partial charge in [-0.3, -0.25) is 0 Å². The number of nitrogens with one attached hydrogen (secondary N) is 1. The van der Waals surface area contributed by atoms with E-state index in [4.69, 9.17) is 0 Å². The maximum atomic E-state index is 13.2. The molecule has 0 aliphatic heterocycles. The van der Waals surface area contributed by atoms with Gasteiger partial charge >= 0.3 is 0 Å². The van der Waals surface area contributed by atoms with Gasteiger partial charge in [0.1, 0.15) is 5.82 Å². The van der Waals surface area contributed by atoms with Crippen LogP contribution in [0.15, 0.2) is 30.6 Å². The predicted molar refractivity (Wildman–Crippen MR) is 66.1 cm³/mol. The maximum absolute atomic E-state index is 13.2. The van der Waals surface area contributed by atoms with E-state index < -0.39 is 11.6 Å². The van der Waals surface area contributed by atoms with Crippen LogP contribution in [0.25, 0.3) is 11.4 Å². The monoisotopic (exact) mass is 251 g/mol. The lowest BCUT2D eigenvalue weighted by atomic mass is 10.2. The molecule has 0 amide bonds. The molecule has 0 spiro atoms. The molecule has 0 radical (unpaired) electrons. The number of aryl methyl sites for hydroxylation is 1. The van der Waals surface area contributed by atoms with Crippen molar-refractivity contribution in [1.29, 1.82) is 0 Å². The lowest BCUT2D eigenvalue weighted by molar-refractivity contribution is 0.509. The van der Waals surface area contributed by atoms with Gasteiger partial charge in [-0.05, 0) is 38.2 Å². The summed E-state index contributed by atoms with van der Waals surface area (Å²) in [5.41, 5.74) is 0.586. The van der Waals surface area contributed by atoms with E-state index in [-0.39, 0.29) is 0 Å². The van der Waals surface area contributed by atoms with Crippen LogP contribution in [-0.2, 0) is 6.54 Å². The lowest BCUT2D eigenvalue weighted by Crippen LogP contribution is -2.11. The highest BCUT2D eigenvalue weighted by Crippen LogP contribution is 2.20. The van der Waals surface area contributed by atoms with Gasteiger partial charge in [-0.25, -0.2) is 13.8 Å². The number of imidazole rings is 1. The van der Waals surface area contributed by atoms with Crippen LogP contribution < -0.4 is 5.32 Å². The third-order valence-corrected chi connectivity index (χ3v) is 2.72. The van der Waals surface area contributed by atoms with Crippen molar-refractivity contribution in [3.63, 3.8) is 0 Å². The highest BCUT2D eigenvalue weighted by molar-refractivity contribution is 5.55. The quantitative estimate of drug-likeness (QED) is 0.827. The van der Waals surface area contributed by atoms with Gasteiger partial charge in [0, 0.05) is 24.5 Å². The van der Waals surface area contributed by atoms with E-state index in [2.05, 4.69) is 10.3 Å². The molecule has 0 atom stereocenters. The summed E-state index contributed by atoms with van der Waals surface area (Å²) >= 11 is 0. The summed E-state index contributed by atoms with van der Waals surface area (Å²) in [5, 5.41) is 3.06. The maximum Gasteiger partial charge on any atom is 0.159 e. The minimum atomic E-state index is -0.850. The van der Waals surface area contributed by atoms with Crippen LogP contribution in [0.3, 0.4) is 0 Å². The molecule has 1 aromatic carbocycles. The normalized spacial score (nSPS) is 10.8. The number of rotatable bonds is 5. The van der Waals surface area contributed by atoms with E-state index in [0.717, 1.165) is 25.6 Å².